The van der Waals surface area contributed by atoms with E-state index in [4.69, 9.17) is 5.73 Å². The van der Waals surface area contributed by atoms with Crippen molar-refractivity contribution >= 4 is 30.1 Å². The van der Waals surface area contributed by atoms with Crippen LogP contribution in [0.2, 0.25) is 0 Å². The number of carbonyl (C=O) groups excluding carboxylic acids is 1. The second-order valence-corrected chi connectivity index (χ2v) is 5.03. The molecule has 114 valence electrons. The molecule has 0 aliphatic rings. The van der Waals surface area contributed by atoms with Crippen LogP contribution in [0.4, 0.5) is 13.2 Å². The van der Waals surface area contributed by atoms with Crippen LogP contribution in [0.3, 0.4) is 0 Å². The second-order valence-electron chi connectivity index (χ2n) is 3.87. The maximum Gasteiger partial charge on any atom is 0.441 e. The van der Waals surface area contributed by atoms with Gasteiger partial charge in [0, 0.05) is 24.8 Å². The summed E-state index contributed by atoms with van der Waals surface area (Å²) in [5.74, 6) is -0.547. The molecule has 0 bridgehead atoms. The lowest BCUT2D eigenvalue weighted by Gasteiger charge is -2.12. The quantitative estimate of drug-likeness (QED) is 0.790. The average Bonchev–Trinajstić information content (AvgIpc) is 2.34. The number of thioether (sulfide) groups is 1. The van der Waals surface area contributed by atoms with Gasteiger partial charge in [0.2, 0.25) is 5.91 Å². The highest BCUT2D eigenvalue weighted by atomic mass is 35.5. The standard InChI is InChI=1S/C12H15F3N2OS.ClH/c13-12(14,15)19-7-6-17-11(18)8-10(16)9-4-2-1-3-5-9;/h1-5,10H,6-8,16H2,(H,17,18);1H. The van der Waals surface area contributed by atoms with Crippen LogP contribution in [-0.2, 0) is 4.79 Å². The van der Waals surface area contributed by atoms with Gasteiger partial charge in [-0.2, -0.15) is 13.2 Å². The fraction of sp³-hybridized carbons (Fsp3) is 0.417. The van der Waals surface area contributed by atoms with Gasteiger partial charge < -0.3 is 11.1 Å². The number of halogens is 4. The summed E-state index contributed by atoms with van der Waals surface area (Å²) in [6.07, 6.45) is 0.0562. The van der Waals surface area contributed by atoms with Crippen molar-refractivity contribution in [2.45, 2.75) is 18.0 Å². The van der Waals surface area contributed by atoms with Crippen molar-refractivity contribution < 1.29 is 18.0 Å². The van der Waals surface area contributed by atoms with Gasteiger partial charge in [0.1, 0.15) is 0 Å². The zero-order valence-electron chi connectivity index (χ0n) is 10.5. The maximum atomic E-state index is 11.8. The normalized spacial score (nSPS) is 12.4. The number of benzene rings is 1. The van der Waals surface area contributed by atoms with Crippen molar-refractivity contribution in [3.63, 3.8) is 0 Å². The molecule has 1 unspecified atom stereocenters. The molecule has 1 atom stereocenters. The molecule has 8 heteroatoms. The minimum atomic E-state index is -4.26. The molecule has 1 amide bonds. The summed E-state index contributed by atoms with van der Waals surface area (Å²) in [4.78, 5) is 11.5. The molecule has 0 aliphatic carbocycles. The van der Waals surface area contributed by atoms with Crippen molar-refractivity contribution in [1.29, 1.82) is 0 Å². The third kappa shape index (κ3) is 8.29. The van der Waals surface area contributed by atoms with Crippen LogP contribution in [0.25, 0.3) is 0 Å². The van der Waals surface area contributed by atoms with E-state index in [1.54, 1.807) is 12.1 Å². The van der Waals surface area contributed by atoms with Gasteiger partial charge in [0.25, 0.3) is 0 Å². The molecule has 0 saturated heterocycles. The lowest BCUT2D eigenvalue weighted by atomic mass is 10.0. The summed E-state index contributed by atoms with van der Waals surface area (Å²) in [7, 11) is 0. The van der Waals surface area contributed by atoms with E-state index in [1.807, 2.05) is 18.2 Å². The molecule has 0 spiro atoms. The third-order valence-corrected chi connectivity index (χ3v) is 3.06. The summed E-state index contributed by atoms with van der Waals surface area (Å²) in [5.41, 5.74) is 2.39. The predicted molar refractivity (Wildman–Crippen MR) is 76.8 cm³/mol. The summed E-state index contributed by atoms with van der Waals surface area (Å²) in [6, 6.07) is 8.62. The maximum absolute atomic E-state index is 11.8. The largest absolute Gasteiger partial charge is 0.441 e. The van der Waals surface area contributed by atoms with E-state index in [0.29, 0.717) is 0 Å². The Morgan fingerprint density at radius 1 is 1.30 bits per heavy atom. The third-order valence-electron chi connectivity index (χ3n) is 2.32. The lowest BCUT2D eigenvalue weighted by Crippen LogP contribution is -2.29. The van der Waals surface area contributed by atoms with Gasteiger partial charge in [-0.3, -0.25) is 4.79 Å². The summed E-state index contributed by atoms with van der Waals surface area (Å²) >= 11 is -0.155. The van der Waals surface area contributed by atoms with Crippen molar-refractivity contribution in [2.75, 3.05) is 12.3 Å². The Bertz CT molecular complexity index is 403. The first-order chi connectivity index (χ1) is 8.88. The summed E-state index contributed by atoms with van der Waals surface area (Å²) < 4.78 is 35.5. The first kappa shape index (κ1) is 19.1. The number of hydrogen-bond acceptors (Lipinski definition) is 3. The van der Waals surface area contributed by atoms with Crippen LogP contribution in [0.1, 0.15) is 18.0 Å². The molecule has 1 rings (SSSR count). The van der Waals surface area contributed by atoms with Crippen molar-refractivity contribution in [1.82, 2.24) is 5.32 Å². The highest BCUT2D eigenvalue weighted by Crippen LogP contribution is 2.29. The molecule has 0 heterocycles. The van der Waals surface area contributed by atoms with Gasteiger partial charge in [0.15, 0.2) is 0 Å². The topological polar surface area (TPSA) is 55.1 Å². The van der Waals surface area contributed by atoms with Crippen LogP contribution in [0.15, 0.2) is 30.3 Å². The zero-order chi connectivity index (χ0) is 14.3. The highest BCUT2D eigenvalue weighted by Gasteiger charge is 2.27. The van der Waals surface area contributed by atoms with Gasteiger partial charge in [-0.25, -0.2) is 0 Å². The van der Waals surface area contributed by atoms with Crippen LogP contribution in [0.5, 0.6) is 0 Å². The number of hydrogen-bond donors (Lipinski definition) is 2. The number of nitrogens with one attached hydrogen (secondary N) is 1. The number of carbonyl (C=O) groups is 1. The van der Waals surface area contributed by atoms with Gasteiger partial charge >= 0.3 is 5.51 Å². The Balaban J connectivity index is 0.00000361. The van der Waals surface area contributed by atoms with Crippen molar-refractivity contribution in [3.05, 3.63) is 35.9 Å². The summed E-state index contributed by atoms with van der Waals surface area (Å²) in [6.45, 7) is -0.0233. The smallest absolute Gasteiger partial charge is 0.355 e. The first-order valence-corrected chi connectivity index (χ1v) is 6.65. The first-order valence-electron chi connectivity index (χ1n) is 5.66. The SMILES string of the molecule is Cl.NC(CC(=O)NCCSC(F)(F)F)c1ccccc1. The molecular formula is C12H16ClF3N2OS. The second kappa shape index (κ2) is 9.10. The Hall–Kier alpha value is -0.920. The molecule has 0 saturated carbocycles. The fourth-order valence-electron chi connectivity index (χ4n) is 1.45. The van der Waals surface area contributed by atoms with Crippen LogP contribution in [0, 0.1) is 0 Å². The van der Waals surface area contributed by atoms with E-state index in [0.717, 1.165) is 5.56 Å². The molecule has 0 aliphatic heterocycles. The Kier molecular flexibility index (Phi) is 8.68. The number of amides is 1. The molecule has 20 heavy (non-hydrogen) atoms. The Morgan fingerprint density at radius 2 is 1.90 bits per heavy atom. The molecule has 3 nitrogen and oxygen atoms in total. The molecule has 0 fully saturated rings. The predicted octanol–water partition coefficient (Wildman–Crippen LogP) is 2.87. The molecule has 3 N–H and O–H groups in total. The number of rotatable bonds is 6. The molecule has 1 aromatic carbocycles. The molecule has 0 aromatic heterocycles. The van der Waals surface area contributed by atoms with E-state index in [2.05, 4.69) is 5.32 Å². The van der Waals surface area contributed by atoms with Crippen LogP contribution < -0.4 is 11.1 Å². The van der Waals surface area contributed by atoms with Crippen LogP contribution in [-0.4, -0.2) is 23.7 Å². The van der Waals surface area contributed by atoms with Gasteiger partial charge in [-0.1, -0.05) is 30.3 Å². The Labute approximate surface area is 125 Å². The van der Waals surface area contributed by atoms with Gasteiger partial charge in [-0.15, -0.1) is 12.4 Å². The van der Waals surface area contributed by atoms with E-state index < -0.39 is 11.6 Å². The van der Waals surface area contributed by atoms with E-state index in [9.17, 15) is 18.0 Å². The minimum Gasteiger partial charge on any atom is -0.355 e. The molecule has 0 radical (unpaired) electrons. The van der Waals surface area contributed by atoms with E-state index in [1.165, 1.54) is 0 Å². The van der Waals surface area contributed by atoms with Crippen molar-refractivity contribution in [3.8, 4) is 0 Å². The zero-order valence-corrected chi connectivity index (χ0v) is 12.2. The average molecular weight is 329 g/mol. The fourth-order valence-corrected chi connectivity index (χ4v) is 1.88. The van der Waals surface area contributed by atoms with E-state index in [-0.39, 0.29) is 48.8 Å². The van der Waals surface area contributed by atoms with Crippen molar-refractivity contribution in [2.24, 2.45) is 5.73 Å². The summed E-state index contributed by atoms with van der Waals surface area (Å²) in [5, 5.41) is 2.42. The molecular weight excluding hydrogens is 313 g/mol. The van der Waals surface area contributed by atoms with Gasteiger partial charge in [0.05, 0.1) is 0 Å². The minimum absolute atomic E-state index is 0. The molecule has 1 aromatic rings. The lowest BCUT2D eigenvalue weighted by molar-refractivity contribution is -0.121. The van der Waals surface area contributed by atoms with E-state index >= 15 is 0 Å². The Morgan fingerprint density at radius 3 is 2.45 bits per heavy atom. The van der Waals surface area contributed by atoms with Gasteiger partial charge in [-0.05, 0) is 17.3 Å². The number of alkyl halides is 3. The highest BCUT2D eigenvalue weighted by molar-refractivity contribution is 8.00. The monoisotopic (exact) mass is 328 g/mol. The number of nitrogens with two attached hydrogens (primary N) is 1. The van der Waals surface area contributed by atoms with Crippen LogP contribution >= 0.6 is 24.2 Å².